The van der Waals surface area contributed by atoms with E-state index in [0.717, 1.165) is 11.6 Å². The lowest BCUT2D eigenvalue weighted by Crippen LogP contribution is -2.11. The number of nitrogens with one attached hydrogen (secondary N) is 1. The van der Waals surface area contributed by atoms with Gasteiger partial charge in [-0.25, -0.2) is 4.98 Å². The lowest BCUT2D eigenvalue weighted by molar-refractivity contribution is 0.324. The normalized spacial score (nSPS) is 12.2. The van der Waals surface area contributed by atoms with Gasteiger partial charge in [-0.3, -0.25) is 0 Å². The van der Waals surface area contributed by atoms with Crippen LogP contribution in [0.15, 0.2) is 36.4 Å². The van der Waals surface area contributed by atoms with Crippen LogP contribution in [0.1, 0.15) is 51.0 Å². The number of anilines is 1. The van der Waals surface area contributed by atoms with Crippen molar-refractivity contribution in [1.82, 2.24) is 9.97 Å². The molecular weight excluding hydrogens is 262 g/mol. The second-order valence-corrected chi connectivity index (χ2v) is 5.31. The fourth-order valence-corrected chi connectivity index (χ4v) is 2.04. The summed E-state index contributed by atoms with van der Waals surface area (Å²) in [6, 6.07) is 12.3. The minimum absolute atomic E-state index is 0.176. The molecule has 112 valence electrons. The number of benzene rings is 1. The molecule has 0 aliphatic heterocycles. The standard InChI is InChI=1S/C17H23N3O/c1-5-21-16-11-15(19-17(20-16)12(2)3)18-13(4)14-9-7-6-8-10-14/h6-13H,5H2,1-4H3,(H,18,19,20). The summed E-state index contributed by atoms with van der Waals surface area (Å²) in [4.78, 5) is 9.01. The van der Waals surface area contributed by atoms with Crippen LogP contribution in [-0.4, -0.2) is 16.6 Å². The largest absolute Gasteiger partial charge is 0.478 e. The van der Waals surface area contributed by atoms with Crippen molar-refractivity contribution in [2.45, 2.75) is 39.7 Å². The summed E-state index contributed by atoms with van der Waals surface area (Å²) in [5.74, 6) is 2.48. The third-order valence-corrected chi connectivity index (χ3v) is 3.19. The van der Waals surface area contributed by atoms with Gasteiger partial charge in [-0.2, -0.15) is 4.98 Å². The molecule has 2 rings (SSSR count). The molecule has 1 heterocycles. The van der Waals surface area contributed by atoms with Gasteiger partial charge in [0.05, 0.1) is 6.61 Å². The highest BCUT2D eigenvalue weighted by Gasteiger charge is 2.11. The molecule has 21 heavy (non-hydrogen) atoms. The minimum Gasteiger partial charge on any atom is -0.478 e. The minimum atomic E-state index is 0.176. The summed E-state index contributed by atoms with van der Waals surface area (Å²) in [7, 11) is 0. The molecule has 4 heteroatoms. The Labute approximate surface area is 126 Å². The van der Waals surface area contributed by atoms with Gasteiger partial charge in [0.25, 0.3) is 0 Å². The maximum absolute atomic E-state index is 5.53. The Morgan fingerprint density at radius 2 is 1.81 bits per heavy atom. The van der Waals surface area contributed by atoms with E-state index in [0.29, 0.717) is 12.5 Å². The average Bonchev–Trinajstić information content (AvgIpc) is 2.48. The molecule has 0 aliphatic rings. The summed E-state index contributed by atoms with van der Waals surface area (Å²) >= 11 is 0. The topological polar surface area (TPSA) is 47.0 Å². The van der Waals surface area contributed by atoms with E-state index in [1.54, 1.807) is 0 Å². The lowest BCUT2D eigenvalue weighted by atomic mass is 10.1. The molecule has 1 aromatic carbocycles. The number of aromatic nitrogens is 2. The van der Waals surface area contributed by atoms with E-state index in [2.05, 4.69) is 48.2 Å². The van der Waals surface area contributed by atoms with Crippen molar-refractivity contribution < 1.29 is 4.74 Å². The Balaban J connectivity index is 2.22. The first-order valence-electron chi connectivity index (χ1n) is 7.43. The number of nitrogens with zero attached hydrogens (tertiary/aromatic N) is 2. The third kappa shape index (κ3) is 4.18. The zero-order chi connectivity index (χ0) is 15.2. The quantitative estimate of drug-likeness (QED) is 0.865. The van der Waals surface area contributed by atoms with Crippen LogP contribution in [0.25, 0.3) is 0 Å². The van der Waals surface area contributed by atoms with Gasteiger partial charge >= 0.3 is 0 Å². The van der Waals surface area contributed by atoms with Crippen molar-refractivity contribution in [3.8, 4) is 5.88 Å². The summed E-state index contributed by atoms with van der Waals surface area (Å²) in [5, 5.41) is 3.42. The molecule has 2 aromatic rings. The third-order valence-electron chi connectivity index (χ3n) is 3.19. The molecule has 0 aliphatic carbocycles. The molecule has 4 nitrogen and oxygen atoms in total. The van der Waals surface area contributed by atoms with E-state index < -0.39 is 0 Å². The molecule has 0 spiro atoms. The van der Waals surface area contributed by atoms with Crippen molar-refractivity contribution in [2.24, 2.45) is 0 Å². The van der Waals surface area contributed by atoms with E-state index in [1.807, 2.05) is 31.2 Å². The maximum atomic E-state index is 5.53. The lowest BCUT2D eigenvalue weighted by Gasteiger charge is -2.17. The Bertz CT molecular complexity index is 570. The fourth-order valence-electron chi connectivity index (χ4n) is 2.04. The highest BCUT2D eigenvalue weighted by molar-refractivity contribution is 5.41. The van der Waals surface area contributed by atoms with Gasteiger partial charge in [0.2, 0.25) is 5.88 Å². The van der Waals surface area contributed by atoms with E-state index >= 15 is 0 Å². The zero-order valence-electron chi connectivity index (χ0n) is 13.1. The number of rotatable bonds is 6. The summed E-state index contributed by atoms with van der Waals surface area (Å²) in [6.45, 7) is 8.83. The average molecular weight is 285 g/mol. The van der Waals surface area contributed by atoms with Crippen LogP contribution in [-0.2, 0) is 0 Å². The smallest absolute Gasteiger partial charge is 0.218 e. The van der Waals surface area contributed by atoms with Crippen molar-refractivity contribution in [3.63, 3.8) is 0 Å². The molecule has 0 amide bonds. The molecule has 0 saturated heterocycles. The molecule has 1 unspecified atom stereocenters. The maximum Gasteiger partial charge on any atom is 0.218 e. The van der Waals surface area contributed by atoms with Crippen molar-refractivity contribution in [2.75, 3.05) is 11.9 Å². The van der Waals surface area contributed by atoms with Crippen molar-refractivity contribution >= 4 is 5.82 Å². The van der Waals surface area contributed by atoms with E-state index in [1.165, 1.54) is 5.56 Å². The molecule has 0 radical (unpaired) electrons. The SMILES string of the molecule is CCOc1cc(NC(C)c2ccccc2)nc(C(C)C)n1. The summed E-state index contributed by atoms with van der Waals surface area (Å²) in [5.41, 5.74) is 1.22. The van der Waals surface area contributed by atoms with Crippen LogP contribution in [0.5, 0.6) is 5.88 Å². The molecule has 0 bridgehead atoms. The van der Waals surface area contributed by atoms with Gasteiger partial charge in [-0.1, -0.05) is 44.2 Å². The molecule has 1 aromatic heterocycles. The van der Waals surface area contributed by atoms with Crippen LogP contribution in [0, 0.1) is 0 Å². The van der Waals surface area contributed by atoms with Gasteiger partial charge in [0.1, 0.15) is 11.6 Å². The van der Waals surface area contributed by atoms with E-state index in [-0.39, 0.29) is 12.0 Å². The number of hydrogen-bond donors (Lipinski definition) is 1. The first-order chi connectivity index (χ1) is 10.1. The number of hydrogen-bond acceptors (Lipinski definition) is 4. The Kier molecular flexibility index (Phi) is 5.14. The van der Waals surface area contributed by atoms with Crippen LogP contribution in [0.2, 0.25) is 0 Å². The van der Waals surface area contributed by atoms with Gasteiger partial charge < -0.3 is 10.1 Å². The second-order valence-electron chi connectivity index (χ2n) is 5.31. The predicted octanol–water partition coefficient (Wildman–Crippen LogP) is 4.17. The van der Waals surface area contributed by atoms with Crippen molar-refractivity contribution in [1.29, 1.82) is 0 Å². The van der Waals surface area contributed by atoms with Gasteiger partial charge in [-0.15, -0.1) is 0 Å². The van der Waals surface area contributed by atoms with Crippen LogP contribution in [0.4, 0.5) is 5.82 Å². The summed E-state index contributed by atoms with van der Waals surface area (Å²) < 4.78 is 5.53. The fraction of sp³-hybridized carbons (Fsp3) is 0.412. The second kappa shape index (κ2) is 7.07. The first-order valence-corrected chi connectivity index (χ1v) is 7.43. The first kappa shape index (κ1) is 15.3. The monoisotopic (exact) mass is 285 g/mol. The van der Waals surface area contributed by atoms with Gasteiger partial charge in [0.15, 0.2) is 0 Å². The van der Waals surface area contributed by atoms with Crippen LogP contribution >= 0.6 is 0 Å². The Morgan fingerprint density at radius 1 is 1.10 bits per heavy atom. The number of ether oxygens (including phenoxy) is 1. The molecule has 1 atom stereocenters. The molecular formula is C17H23N3O. The summed E-state index contributed by atoms with van der Waals surface area (Å²) in [6.07, 6.45) is 0. The van der Waals surface area contributed by atoms with Crippen LogP contribution in [0.3, 0.4) is 0 Å². The van der Waals surface area contributed by atoms with E-state index in [9.17, 15) is 0 Å². The van der Waals surface area contributed by atoms with Gasteiger partial charge in [-0.05, 0) is 19.4 Å². The highest BCUT2D eigenvalue weighted by Crippen LogP contribution is 2.22. The van der Waals surface area contributed by atoms with Crippen molar-refractivity contribution in [3.05, 3.63) is 47.8 Å². The Hall–Kier alpha value is -2.10. The molecule has 0 fully saturated rings. The Morgan fingerprint density at radius 3 is 2.43 bits per heavy atom. The molecule has 0 saturated carbocycles. The van der Waals surface area contributed by atoms with Crippen LogP contribution < -0.4 is 10.1 Å². The molecule has 1 N–H and O–H groups in total. The van der Waals surface area contributed by atoms with E-state index in [4.69, 9.17) is 4.74 Å². The zero-order valence-corrected chi connectivity index (χ0v) is 13.1. The highest BCUT2D eigenvalue weighted by atomic mass is 16.5. The van der Waals surface area contributed by atoms with Gasteiger partial charge in [0, 0.05) is 18.0 Å². The predicted molar refractivity (Wildman–Crippen MR) is 85.8 cm³/mol.